The van der Waals surface area contributed by atoms with Crippen LogP contribution in [0.2, 0.25) is 0 Å². The molecule has 0 aliphatic carbocycles. The summed E-state index contributed by atoms with van der Waals surface area (Å²) in [6.07, 6.45) is -4.47. The van der Waals surface area contributed by atoms with Gasteiger partial charge in [0.15, 0.2) is 5.11 Å². The number of hydrogen-bond donors (Lipinski definition) is 3. The molecule has 31 heavy (non-hydrogen) atoms. The Morgan fingerprint density at radius 3 is 2.26 bits per heavy atom. The minimum atomic E-state index is -4.47. The molecule has 0 aromatic heterocycles. The Kier molecular flexibility index (Phi) is 7.09. The highest BCUT2D eigenvalue weighted by Crippen LogP contribution is 2.32. The molecule has 0 spiro atoms. The fraction of sp³-hybridized carbons (Fsp3) is 0.0909. The van der Waals surface area contributed by atoms with E-state index < -0.39 is 17.6 Å². The van der Waals surface area contributed by atoms with E-state index in [4.69, 9.17) is 17.0 Å². The second kappa shape index (κ2) is 9.94. The maximum absolute atomic E-state index is 12.8. The molecule has 1 amide bonds. The molecule has 3 aromatic rings. The lowest BCUT2D eigenvalue weighted by Gasteiger charge is -2.13. The molecule has 0 aliphatic heterocycles. The molecule has 0 saturated heterocycles. The summed E-state index contributed by atoms with van der Waals surface area (Å²) in [5, 5.41) is 3.19. The normalized spacial score (nSPS) is 10.8. The summed E-state index contributed by atoms with van der Waals surface area (Å²) in [7, 11) is 0. The molecular formula is C22H18F3N3O2S. The van der Waals surface area contributed by atoms with Crippen molar-refractivity contribution in [2.24, 2.45) is 0 Å². The van der Waals surface area contributed by atoms with Crippen LogP contribution in [0.4, 0.5) is 13.2 Å². The van der Waals surface area contributed by atoms with Crippen molar-refractivity contribution in [2.45, 2.75) is 12.7 Å². The zero-order valence-corrected chi connectivity index (χ0v) is 16.9. The molecule has 0 radical (unpaired) electrons. The first kappa shape index (κ1) is 22.1. The Labute approximate surface area is 182 Å². The molecule has 0 bridgehead atoms. The predicted molar refractivity (Wildman–Crippen MR) is 114 cm³/mol. The van der Waals surface area contributed by atoms with E-state index >= 15 is 0 Å². The number of benzene rings is 3. The van der Waals surface area contributed by atoms with Gasteiger partial charge >= 0.3 is 6.18 Å². The maximum atomic E-state index is 12.8. The SMILES string of the molecule is O=C(NNC(=S)NCc1ccccc1)c1cccc(Oc2cccc(C(F)(F)F)c2)c1. The van der Waals surface area contributed by atoms with Gasteiger partial charge in [-0.25, -0.2) is 0 Å². The number of halogens is 3. The summed E-state index contributed by atoms with van der Waals surface area (Å²) in [6.45, 7) is 0.489. The van der Waals surface area contributed by atoms with E-state index in [0.717, 1.165) is 17.7 Å². The van der Waals surface area contributed by atoms with Crippen LogP contribution in [0.3, 0.4) is 0 Å². The first-order chi connectivity index (χ1) is 14.8. The van der Waals surface area contributed by atoms with Gasteiger partial charge in [-0.05, 0) is 54.2 Å². The second-order valence-corrected chi connectivity index (χ2v) is 6.81. The molecule has 0 heterocycles. The van der Waals surface area contributed by atoms with Crippen LogP contribution in [-0.2, 0) is 12.7 Å². The topological polar surface area (TPSA) is 62.4 Å². The fourth-order valence-corrected chi connectivity index (χ4v) is 2.70. The van der Waals surface area contributed by atoms with Crippen molar-refractivity contribution in [1.82, 2.24) is 16.2 Å². The van der Waals surface area contributed by atoms with E-state index in [2.05, 4.69) is 16.2 Å². The lowest BCUT2D eigenvalue weighted by atomic mass is 10.2. The summed E-state index contributed by atoms with van der Waals surface area (Å²) >= 11 is 5.12. The van der Waals surface area contributed by atoms with Crippen LogP contribution in [-0.4, -0.2) is 11.0 Å². The smallest absolute Gasteiger partial charge is 0.416 e. The number of carbonyl (C=O) groups excluding carboxylic acids is 1. The van der Waals surface area contributed by atoms with Crippen LogP contribution in [0.5, 0.6) is 11.5 Å². The van der Waals surface area contributed by atoms with Crippen molar-refractivity contribution in [2.75, 3.05) is 0 Å². The summed E-state index contributed by atoms with van der Waals surface area (Å²) in [6, 6.07) is 20.1. The Bertz CT molecular complexity index is 1060. The Morgan fingerprint density at radius 1 is 0.871 bits per heavy atom. The predicted octanol–water partition coefficient (Wildman–Crippen LogP) is 4.81. The molecule has 3 rings (SSSR count). The molecule has 160 valence electrons. The van der Waals surface area contributed by atoms with Crippen molar-refractivity contribution in [1.29, 1.82) is 0 Å². The van der Waals surface area contributed by atoms with Gasteiger partial charge in [0.1, 0.15) is 11.5 Å². The Balaban J connectivity index is 1.56. The van der Waals surface area contributed by atoms with Crippen molar-refractivity contribution in [3.63, 3.8) is 0 Å². The van der Waals surface area contributed by atoms with E-state index in [1.165, 1.54) is 30.3 Å². The maximum Gasteiger partial charge on any atom is 0.416 e. The van der Waals surface area contributed by atoms with Crippen molar-refractivity contribution >= 4 is 23.2 Å². The van der Waals surface area contributed by atoms with Gasteiger partial charge in [0.25, 0.3) is 5.91 Å². The largest absolute Gasteiger partial charge is 0.457 e. The highest BCUT2D eigenvalue weighted by Gasteiger charge is 2.30. The number of nitrogens with one attached hydrogen (secondary N) is 3. The number of thiocarbonyl (C=S) groups is 1. The molecule has 0 unspecified atom stereocenters. The van der Waals surface area contributed by atoms with Gasteiger partial charge < -0.3 is 10.1 Å². The lowest BCUT2D eigenvalue weighted by molar-refractivity contribution is -0.137. The zero-order valence-electron chi connectivity index (χ0n) is 16.1. The van der Waals surface area contributed by atoms with Crippen LogP contribution >= 0.6 is 12.2 Å². The van der Waals surface area contributed by atoms with Crippen LogP contribution in [0.15, 0.2) is 78.9 Å². The highest BCUT2D eigenvalue weighted by molar-refractivity contribution is 7.80. The third-order valence-electron chi connectivity index (χ3n) is 4.08. The van der Waals surface area contributed by atoms with Crippen LogP contribution in [0.25, 0.3) is 0 Å². The van der Waals surface area contributed by atoms with E-state index in [9.17, 15) is 18.0 Å². The van der Waals surface area contributed by atoms with E-state index in [-0.39, 0.29) is 22.2 Å². The third-order valence-corrected chi connectivity index (χ3v) is 4.33. The zero-order chi connectivity index (χ0) is 22.3. The molecule has 9 heteroatoms. The second-order valence-electron chi connectivity index (χ2n) is 6.40. The molecule has 3 N–H and O–H groups in total. The molecule has 3 aromatic carbocycles. The summed E-state index contributed by atoms with van der Waals surface area (Å²) in [5.74, 6) is -0.257. The average Bonchev–Trinajstić information content (AvgIpc) is 2.76. The van der Waals surface area contributed by atoms with Crippen molar-refractivity contribution in [3.05, 3.63) is 95.6 Å². The van der Waals surface area contributed by atoms with Gasteiger partial charge in [-0.1, -0.05) is 42.5 Å². The lowest BCUT2D eigenvalue weighted by Crippen LogP contribution is -2.46. The van der Waals surface area contributed by atoms with Crippen molar-refractivity contribution in [3.8, 4) is 11.5 Å². The minimum absolute atomic E-state index is 0.0109. The standard InChI is InChI=1S/C22H18F3N3O2S/c23-22(24,25)17-9-5-11-19(13-17)30-18-10-4-8-16(12-18)20(29)27-28-21(31)26-14-15-6-2-1-3-7-15/h1-13H,14H2,(H,27,29)(H2,26,28,31). The molecule has 0 aliphatic rings. The number of alkyl halides is 3. The summed E-state index contributed by atoms with van der Waals surface area (Å²) < 4.78 is 44.0. The number of amides is 1. The number of hydrazine groups is 1. The summed E-state index contributed by atoms with van der Waals surface area (Å²) in [4.78, 5) is 12.3. The number of carbonyl (C=O) groups is 1. The van der Waals surface area contributed by atoms with Gasteiger partial charge in [-0.15, -0.1) is 0 Å². The molecule has 0 fully saturated rings. The Hall–Kier alpha value is -3.59. The first-order valence-corrected chi connectivity index (χ1v) is 9.55. The van der Waals surface area contributed by atoms with E-state index in [0.29, 0.717) is 6.54 Å². The third kappa shape index (κ3) is 6.71. The first-order valence-electron chi connectivity index (χ1n) is 9.14. The van der Waals surface area contributed by atoms with Crippen LogP contribution < -0.4 is 20.9 Å². The molecule has 0 atom stereocenters. The van der Waals surface area contributed by atoms with Crippen molar-refractivity contribution < 1.29 is 22.7 Å². The van der Waals surface area contributed by atoms with Gasteiger partial charge in [-0.2, -0.15) is 13.2 Å². The van der Waals surface area contributed by atoms with E-state index in [1.807, 2.05) is 30.3 Å². The van der Waals surface area contributed by atoms with Gasteiger partial charge in [-0.3, -0.25) is 15.6 Å². The Morgan fingerprint density at radius 2 is 1.55 bits per heavy atom. The monoisotopic (exact) mass is 445 g/mol. The number of hydrogen-bond acceptors (Lipinski definition) is 3. The van der Waals surface area contributed by atoms with Gasteiger partial charge in [0.05, 0.1) is 5.56 Å². The molecule has 0 saturated carbocycles. The van der Waals surface area contributed by atoms with Gasteiger partial charge in [0.2, 0.25) is 0 Å². The van der Waals surface area contributed by atoms with Crippen LogP contribution in [0.1, 0.15) is 21.5 Å². The fourth-order valence-electron chi connectivity index (χ4n) is 2.58. The minimum Gasteiger partial charge on any atom is -0.457 e. The highest BCUT2D eigenvalue weighted by atomic mass is 32.1. The molecule has 5 nitrogen and oxygen atoms in total. The molecular weight excluding hydrogens is 427 g/mol. The van der Waals surface area contributed by atoms with Crippen LogP contribution in [0, 0.1) is 0 Å². The number of rotatable bonds is 5. The average molecular weight is 445 g/mol. The summed E-state index contributed by atoms with van der Waals surface area (Å²) in [5.41, 5.74) is 5.50. The van der Waals surface area contributed by atoms with E-state index in [1.54, 1.807) is 6.07 Å². The quantitative estimate of drug-likeness (QED) is 0.389. The van der Waals surface area contributed by atoms with Gasteiger partial charge in [0, 0.05) is 12.1 Å². The number of ether oxygens (including phenoxy) is 1.